The topological polar surface area (TPSA) is 29.9 Å². The van der Waals surface area contributed by atoms with E-state index in [9.17, 15) is 0 Å². The summed E-state index contributed by atoms with van der Waals surface area (Å²) in [5, 5.41) is 5.79. The number of nitrogens with one attached hydrogen (secondary N) is 1. The van der Waals surface area contributed by atoms with Gasteiger partial charge in [-0.2, -0.15) is 0 Å². The van der Waals surface area contributed by atoms with Gasteiger partial charge >= 0.3 is 0 Å². The molecule has 0 spiro atoms. The van der Waals surface area contributed by atoms with Gasteiger partial charge in [0.15, 0.2) is 0 Å². The van der Waals surface area contributed by atoms with Gasteiger partial charge in [0, 0.05) is 25.0 Å². The molecule has 0 aliphatic rings. The first-order valence-corrected chi connectivity index (χ1v) is 8.42. The summed E-state index contributed by atoms with van der Waals surface area (Å²) >= 11 is 1.75. The third-order valence-corrected chi connectivity index (χ3v) is 4.70. The van der Waals surface area contributed by atoms with Gasteiger partial charge in [-0.1, -0.05) is 33.3 Å². The van der Waals surface area contributed by atoms with Crippen molar-refractivity contribution >= 4 is 11.3 Å². The van der Waals surface area contributed by atoms with Gasteiger partial charge in [0.2, 0.25) is 0 Å². The SMILES string of the molecule is CCCNC(Cn1ccnc1-c1cccs1)C(C)CC. The summed E-state index contributed by atoms with van der Waals surface area (Å²) in [7, 11) is 0. The fourth-order valence-electron chi connectivity index (χ4n) is 2.36. The van der Waals surface area contributed by atoms with Crippen LogP contribution in [-0.4, -0.2) is 22.1 Å². The largest absolute Gasteiger partial charge is 0.329 e. The van der Waals surface area contributed by atoms with Crippen LogP contribution in [0.2, 0.25) is 0 Å². The van der Waals surface area contributed by atoms with Crippen molar-refractivity contribution in [2.75, 3.05) is 6.54 Å². The summed E-state index contributed by atoms with van der Waals surface area (Å²) in [4.78, 5) is 5.77. The molecule has 3 nitrogen and oxygen atoms in total. The van der Waals surface area contributed by atoms with Crippen molar-refractivity contribution in [1.29, 1.82) is 0 Å². The fourth-order valence-corrected chi connectivity index (χ4v) is 3.10. The Balaban J connectivity index is 2.12. The zero-order valence-electron chi connectivity index (χ0n) is 12.7. The molecule has 2 aromatic rings. The van der Waals surface area contributed by atoms with Crippen LogP contribution in [0.15, 0.2) is 29.9 Å². The van der Waals surface area contributed by atoms with Crippen molar-refractivity contribution in [3.8, 4) is 10.7 Å². The van der Waals surface area contributed by atoms with E-state index in [1.807, 2.05) is 6.20 Å². The molecule has 0 amide bonds. The number of thiophene rings is 1. The molecule has 2 atom stereocenters. The van der Waals surface area contributed by atoms with E-state index >= 15 is 0 Å². The van der Waals surface area contributed by atoms with Crippen molar-refractivity contribution in [2.45, 2.75) is 46.2 Å². The Bertz CT molecular complexity index is 490. The van der Waals surface area contributed by atoms with Crippen molar-refractivity contribution in [1.82, 2.24) is 14.9 Å². The zero-order chi connectivity index (χ0) is 14.4. The van der Waals surface area contributed by atoms with Gasteiger partial charge in [-0.25, -0.2) is 4.98 Å². The maximum absolute atomic E-state index is 4.52. The van der Waals surface area contributed by atoms with Gasteiger partial charge < -0.3 is 9.88 Å². The first-order chi connectivity index (χ1) is 9.76. The molecule has 0 aliphatic heterocycles. The highest BCUT2D eigenvalue weighted by Gasteiger charge is 2.17. The summed E-state index contributed by atoms with van der Waals surface area (Å²) in [5.74, 6) is 1.76. The molecular formula is C16H25N3S. The first kappa shape index (κ1) is 15.3. The number of imidazole rings is 1. The van der Waals surface area contributed by atoms with Crippen LogP contribution in [0.4, 0.5) is 0 Å². The van der Waals surface area contributed by atoms with E-state index in [1.165, 1.54) is 17.7 Å². The van der Waals surface area contributed by atoms with Gasteiger partial charge in [0.25, 0.3) is 0 Å². The van der Waals surface area contributed by atoms with Crippen LogP contribution in [0.3, 0.4) is 0 Å². The minimum Gasteiger partial charge on any atom is -0.329 e. The highest BCUT2D eigenvalue weighted by atomic mass is 32.1. The molecule has 0 saturated heterocycles. The molecule has 4 heteroatoms. The summed E-state index contributed by atoms with van der Waals surface area (Å²) in [6.07, 6.45) is 6.37. The average Bonchev–Trinajstić information content (AvgIpc) is 3.12. The standard InChI is InChI=1S/C16H25N3S/c1-4-8-17-14(13(3)5-2)12-19-10-9-18-16(19)15-7-6-11-20-15/h6-7,9-11,13-14,17H,4-5,8,12H2,1-3H3. The fraction of sp³-hybridized carbons (Fsp3) is 0.562. The maximum atomic E-state index is 4.52. The van der Waals surface area contributed by atoms with Crippen LogP contribution in [0.25, 0.3) is 10.7 Å². The van der Waals surface area contributed by atoms with Gasteiger partial charge in [0.1, 0.15) is 5.82 Å². The number of aromatic nitrogens is 2. The lowest BCUT2D eigenvalue weighted by molar-refractivity contribution is 0.331. The molecule has 0 bridgehead atoms. The Morgan fingerprint density at radius 1 is 1.40 bits per heavy atom. The van der Waals surface area contributed by atoms with Gasteiger partial charge in [-0.3, -0.25) is 0 Å². The minimum absolute atomic E-state index is 0.507. The molecule has 0 fully saturated rings. The van der Waals surface area contributed by atoms with Crippen molar-refractivity contribution in [2.24, 2.45) is 5.92 Å². The van der Waals surface area contributed by atoms with E-state index in [0.717, 1.165) is 18.9 Å². The normalized spacial score (nSPS) is 14.3. The molecule has 2 heterocycles. The average molecular weight is 291 g/mol. The van der Waals surface area contributed by atoms with E-state index < -0.39 is 0 Å². The highest BCUT2D eigenvalue weighted by molar-refractivity contribution is 7.13. The van der Waals surface area contributed by atoms with E-state index in [4.69, 9.17) is 0 Å². The van der Waals surface area contributed by atoms with Crippen molar-refractivity contribution in [3.63, 3.8) is 0 Å². The minimum atomic E-state index is 0.507. The molecule has 0 aromatic carbocycles. The van der Waals surface area contributed by atoms with Crippen molar-refractivity contribution in [3.05, 3.63) is 29.9 Å². The lowest BCUT2D eigenvalue weighted by Gasteiger charge is -2.25. The second-order valence-corrected chi connectivity index (χ2v) is 6.27. The number of hydrogen-bond acceptors (Lipinski definition) is 3. The lowest BCUT2D eigenvalue weighted by Crippen LogP contribution is -2.39. The highest BCUT2D eigenvalue weighted by Crippen LogP contribution is 2.23. The third-order valence-electron chi connectivity index (χ3n) is 3.84. The molecule has 0 aliphatic carbocycles. The van der Waals surface area contributed by atoms with E-state index in [0.29, 0.717) is 12.0 Å². The summed E-state index contributed by atoms with van der Waals surface area (Å²) in [5.41, 5.74) is 0. The Labute approximate surface area is 126 Å². The van der Waals surface area contributed by atoms with Crippen LogP contribution >= 0.6 is 11.3 Å². The monoisotopic (exact) mass is 291 g/mol. The van der Waals surface area contributed by atoms with Crippen LogP contribution in [0, 0.1) is 5.92 Å². The molecule has 2 aromatic heterocycles. The van der Waals surface area contributed by atoms with Crippen molar-refractivity contribution < 1.29 is 0 Å². The van der Waals surface area contributed by atoms with E-state index in [1.54, 1.807) is 11.3 Å². The zero-order valence-corrected chi connectivity index (χ0v) is 13.5. The maximum Gasteiger partial charge on any atom is 0.150 e. The molecule has 20 heavy (non-hydrogen) atoms. The number of nitrogens with zero attached hydrogens (tertiary/aromatic N) is 2. The van der Waals surface area contributed by atoms with Gasteiger partial charge in [0.05, 0.1) is 4.88 Å². The molecule has 1 N–H and O–H groups in total. The second kappa shape index (κ2) is 7.60. The molecule has 110 valence electrons. The summed E-state index contributed by atoms with van der Waals surface area (Å²) in [6.45, 7) is 8.88. The van der Waals surface area contributed by atoms with Crippen LogP contribution in [0.5, 0.6) is 0 Å². The quantitative estimate of drug-likeness (QED) is 0.796. The van der Waals surface area contributed by atoms with Gasteiger partial charge in [-0.05, 0) is 30.3 Å². The molecule has 2 rings (SSSR count). The second-order valence-electron chi connectivity index (χ2n) is 5.33. The van der Waals surface area contributed by atoms with Crippen LogP contribution in [0.1, 0.15) is 33.6 Å². The molecular weight excluding hydrogens is 266 g/mol. The number of rotatable bonds is 8. The smallest absolute Gasteiger partial charge is 0.150 e. The molecule has 0 radical (unpaired) electrons. The first-order valence-electron chi connectivity index (χ1n) is 7.54. The lowest BCUT2D eigenvalue weighted by atomic mass is 9.99. The predicted octanol–water partition coefficient (Wildman–Crippen LogP) is 4.03. The third kappa shape index (κ3) is 3.70. The predicted molar refractivity (Wildman–Crippen MR) is 87.1 cm³/mol. The van der Waals surface area contributed by atoms with Crippen LogP contribution < -0.4 is 5.32 Å². The van der Waals surface area contributed by atoms with E-state index in [2.05, 4.69) is 59.3 Å². The van der Waals surface area contributed by atoms with Gasteiger partial charge in [-0.15, -0.1) is 11.3 Å². The Kier molecular flexibility index (Phi) is 5.80. The summed E-state index contributed by atoms with van der Waals surface area (Å²) in [6, 6.07) is 4.73. The number of hydrogen-bond donors (Lipinski definition) is 1. The van der Waals surface area contributed by atoms with E-state index in [-0.39, 0.29) is 0 Å². The summed E-state index contributed by atoms with van der Waals surface area (Å²) < 4.78 is 2.28. The Morgan fingerprint density at radius 3 is 2.90 bits per heavy atom. The molecule has 2 unspecified atom stereocenters. The Morgan fingerprint density at radius 2 is 2.25 bits per heavy atom. The molecule has 0 saturated carbocycles. The van der Waals surface area contributed by atoms with Crippen LogP contribution in [-0.2, 0) is 6.54 Å². The Hall–Kier alpha value is -1.13.